The van der Waals surface area contributed by atoms with Gasteiger partial charge in [-0.2, -0.15) is 0 Å². The van der Waals surface area contributed by atoms with Gasteiger partial charge in [-0.1, -0.05) is 24.3 Å². The molecule has 0 saturated carbocycles. The lowest BCUT2D eigenvalue weighted by atomic mass is 9.87. The van der Waals surface area contributed by atoms with Crippen molar-refractivity contribution >= 4 is 0 Å². The maximum absolute atomic E-state index is 5.71. The molecule has 3 rings (SSSR count). The minimum Gasteiger partial charge on any atom is -0.382 e. The van der Waals surface area contributed by atoms with Crippen molar-refractivity contribution in [3.63, 3.8) is 0 Å². The molecule has 1 aliphatic rings. The summed E-state index contributed by atoms with van der Waals surface area (Å²) >= 11 is 0. The van der Waals surface area contributed by atoms with E-state index in [1.54, 1.807) is 7.11 Å². The van der Waals surface area contributed by atoms with Crippen LogP contribution in [0.3, 0.4) is 0 Å². The van der Waals surface area contributed by atoms with E-state index in [4.69, 9.17) is 9.47 Å². The Bertz CT molecular complexity index is 716. The van der Waals surface area contributed by atoms with Gasteiger partial charge < -0.3 is 9.47 Å². The number of hydrogen-bond donors (Lipinski definition) is 0. The predicted molar refractivity (Wildman–Crippen MR) is 95.3 cm³/mol. The molecule has 23 heavy (non-hydrogen) atoms. The van der Waals surface area contributed by atoms with E-state index in [2.05, 4.69) is 45.0 Å². The number of methoxy groups -OCH3 is 1. The van der Waals surface area contributed by atoms with Gasteiger partial charge in [0.15, 0.2) is 0 Å². The molecule has 2 aromatic rings. The van der Waals surface area contributed by atoms with Crippen LogP contribution in [0.15, 0.2) is 24.3 Å². The highest BCUT2D eigenvalue weighted by atomic mass is 16.5. The van der Waals surface area contributed by atoms with Gasteiger partial charge >= 0.3 is 0 Å². The van der Waals surface area contributed by atoms with Crippen LogP contribution in [0, 0.1) is 20.8 Å². The van der Waals surface area contributed by atoms with Gasteiger partial charge in [0.25, 0.3) is 0 Å². The zero-order chi connectivity index (χ0) is 16.4. The summed E-state index contributed by atoms with van der Waals surface area (Å²) < 4.78 is 10.8. The maximum Gasteiger partial charge on any atom is 0.0700 e. The summed E-state index contributed by atoms with van der Waals surface area (Å²) in [6, 6.07) is 8.82. The second kappa shape index (κ2) is 6.86. The lowest BCUT2D eigenvalue weighted by molar-refractivity contribution is 0.0721. The standard InChI is InChI=1S/C21H26O2/c1-14-15(2)18(9-10-23-12-11-22-4)20-13-17-7-5-6-8-19(17)21(20)16(14)3/h5-8H,9-13H2,1-4H3. The van der Waals surface area contributed by atoms with Gasteiger partial charge in [-0.25, -0.2) is 0 Å². The highest BCUT2D eigenvalue weighted by Crippen LogP contribution is 2.43. The van der Waals surface area contributed by atoms with Crippen molar-refractivity contribution < 1.29 is 9.47 Å². The average molecular weight is 310 g/mol. The van der Waals surface area contributed by atoms with Crippen LogP contribution >= 0.6 is 0 Å². The first-order valence-electron chi connectivity index (χ1n) is 8.41. The van der Waals surface area contributed by atoms with E-state index in [-0.39, 0.29) is 0 Å². The summed E-state index contributed by atoms with van der Waals surface area (Å²) in [6.45, 7) is 8.87. The summed E-state index contributed by atoms with van der Waals surface area (Å²) in [7, 11) is 1.71. The van der Waals surface area contributed by atoms with Crippen LogP contribution in [0.4, 0.5) is 0 Å². The summed E-state index contributed by atoms with van der Waals surface area (Å²) in [5, 5.41) is 0. The molecule has 0 bridgehead atoms. The molecule has 0 saturated heterocycles. The Kier molecular flexibility index (Phi) is 4.84. The third kappa shape index (κ3) is 2.93. The van der Waals surface area contributed by atoms with Crippen LogP contribution < -0.4 is 0 Å². The molecule has 0 aromatic heterocycles. The van der Waals surface area contributed by atoms with Crippen LogP contribution in [0.2, 0.25) is 0 Å². The van der Waals surface area contributed by atoms with Crippen molar-refractivity contribution in [3.8, 4) is 11.1 Å². The molecule has 0 radical (unpaired) electrons. The first-order valence-corrected chi connectivity index (χ1v) is 8.41. The summed E-state index contributed by atoms with van der Waals surface area (Å²) in [6.07, 6.45) is 2.04. The number of hydrogen-bond acceptors (Lipinski definition) is 2. The Morgan fingerprint density at radius 2 is 1.70 bits per heavy atom. The maximum atomic E-state index is 5.71. The average Bonchev–Trinajstić information content (AvgIpc) is 2.94. The van der Waals surface area contributed by atoms with Gasteiger partial charge in [0.2, 0.25) is 0 Å². The van der Waals surface area contributed by atoms with E-state index >= 15 is 0 Å². The molecule has 2 nitrogen and oxygen atoms in total. The highest BCUT2D eigenvalue weighted by Gasteiger charge is 2.25. The molecule has 0 aliphatic heterocycles. The minimum absolute atomic E-state index is 0.662. The topological polar surface area (TPSA) is 18.5 Å². The Morgan fingerprint density at radius 3 is 2.48 bits per heavy atom. The normalized spacial score (nSPS) is 12.3. The Balaban J connectivity index is 1.94. The molecule has 0 unspecified atom stereocenters. The molecule has 2 aromatic carbocycles. The zero-order valence-corrected chi connectivity index (χ0v) is 14.7. The van der Waals surface area contributed by atoms with Crippen molar-refractivity contribution in [2.45, 2.75) is 33.6 Å². The van der Waals surface area contributed by atoms with Gasteiger partial charge in [0.05, 0.1) is 19.8 Å². The smallest absolute Gasteiger partial charge is 0.0700 e. The van der Waals surface area contributed by atoms with Crippen LogP contribution in [-0.2, 0) is 22.3 Å². The minimum atomic E-state index is 0.662. The van der Waals surface area contributed by atoms with E-state index in [9.17, 15) is 0 Å². The van der Waals surface area contributed by atoms with Gasteiger partial charge in [-0.3, -0.25) is 0 Å². The molecule has 0 heterocycles. The van der Waals surface area contributed by atoms with Crippen molar-refractivity contribution in [3.05, 3.63) is 57.6 Å². The molecule has 1 aliphatic carbocycles. The van der Waals surface area contributed by atoms with E-state index in [0.29, 0.717) is 13.2 Å². The van der Waals surface area contributed by atoms with Crippen molar-refractivity contribution in [1.29, 1.82) is 0 Å². The van der Waals surface area contributed by atoms with Crippen molar-refractivity contribution in [2.75, 3.05) is 26.9 Å². The molecular formula is C21H26O2. The molecule has 0 atom stereocenters. The Morgan fingerprint density at radius 1 is 0.913 bits per heavy atom. The molecular weight excluding hydrogens is 284 g/mol. The van der Waals surface area contributed by atoms with Gasteiger partial charge in [-0.05, 0) is 78.1 Å². The number of benzene rings is 2. The molecule has 0 fully saturated rings. The summed E-state index contributed by atoms with van der Waals surface area (Å²) in [5.41, 5.74) is 11.6. The molecule has 0 amide bonds. The van der Waals surface area contributed by atoms with Crippen LogP contribution in [0.5, 0.6) is 0 Å². The van der Waals surface area contributed by atoms with Gasteiger partial charge in [0, 0.05) is 7.11 Å². The van der Waals surface area contributed by atoms with Crippen LogP contribution in [0.25, 0.3) is 11.1 Å². The predicted octanol–water partition coefficient (Wildman–Crippen LogP) is 4.39. The molecule has 122 valence electrons. The summed E-state index contributed by atoms with van der Waals surface area (Å²) in [4.78, 5) is 0. The van der Waals surface area contributed by atoms with Crippen LogP contribution in [0.1, 0.15) is 33.4 Å². The van der Waals surface area contributed by atoms with Gasteiger partial charge in [0.1, 0.15) is 0 Å². The first-order chi connectivity index (χ1) is 11.1. The lowest BCUT2D eigenvalue weighted by Crippen LogP contribution is -2.09. The van der Waals surface area contributed by atoms with Gasteiger partial charge in [-0.15, -0.1) is 0 Å². The fraction of sp³-hybridized carbons (Fsp3) is 0.429. The lowest BCUT2D eigenvalue weighted by Gasteiger charge is -2.19. The Hall–Kier alpha value is -1.64. The third-order valence-electron chi connectivity index (χ3n) is 5.20. The van der Waals surface area contributed by atoms with Crippen molar-refractivity contribution in [2.24, 2.45) is 0 Å². The van der Waals surface area contributed by atoms with Crippen molar-refractivity contribution in [1.82, 2.24) is 0 Å². The fourth-order valence-electron chi connectivity index (χ4n) is 3.72. The fourth-order valence-corrected chi connectivity index (χ4v) is 3.72. The Labute approximate surface area is 139 Å². The second-order valence-electron chi connectivity index (χ2n) is 6.40. The number of ether oxygens (including phenoxy) is 2. The second-order valence-corrected chi connectivity index (χ2v) is 6.40. The highest BCUT2D eigenvalue weighted by molar-refractivity contribution is 5.82. The number of rotatable bonds is 6. The number of fused-ring (bicyclic) bond motifs is 3. The molecule has 2 heteroatoms. The largest absolute Gasteiger partial charge is 0.382 e. The van der Waals surface area contributed by atoms with E-state index in [1.807, 2.05) is 0 Å². The molecule has 0 spiro atoms. The summed E-state index contributed by atoms with van der Waals surface area (Å²) in [5.74, 6) is 0. The first kappa shape index (κ1) is 16.2. The van der Waals surface area contributed by atoms with E-state index in [1.165, 1.54) is 44.5 Å². The van der Waals surface area contributed by atoms with E-state index < -0.39 is 0 Å². The third-order valence-corrected chi connectivity index (χ3v) is 5.20. The van der Waals surface area contributed by atoms with Crippen LogP contribution in [-0.4, -0.2) is 26.9 Å². The van der Waals surface area contributed by atoms with E-state index in [0.717, 1.165) is 19.4 Å². The monoisotopic (exact) mass is 310 g/mol. The zero-order valence-electron chi connectivity index (χ0n) is 14.7. The SMILES string of the molecule is COCCOCCc1c(C)c(C)c(C)c2c1Cc1ccccc1-2. The quantitative estimate of drug-likeness (QED) is 0.629. The molecule has 0 N–H and O–H groups in total.